The molecule has 0 bridgehead atoms. The van der Waals surface area contributed by atoms with Gasteiger partial charge in [-0.25, -0.2) is 0 Å². The number of para-hydroxylation sites is 1. The van der Waals surface area contributed by atoms with Crippen molar-refractivity contribution in [3.8, 4) is 0 Å². The molecule has 0 aliphatic carbocycles. The average molecular weight is 468 g/mol. The molecule has 0 saturated heterocycles. The molecule has 0 radical (unpaired) electrons. The number of aromatic nitrogens is 1. The van der Waals surface area contributed by atoms with E-state index in [0.29, 0.717) is 18.7 Å². The number of fused-ring (bicyclic) bond motifs is 2. The van der Waals surface area contributed by atoms with E-state index in [1.807, 2.05) is 72.9 Å². The Kier molecular flexibility index (Phi) is 6.38. The summed E-state index contributed by atoms with van der Waals surface area (Å²) in [5.41, 5.74) is 5.09. The maximum absolute atomic E-state index is 14.0. The van der Waals surface area contributed by atoms with Crippen LogP contribution in [0.2, 0.25) is 0 Å². The van der Waals surface area contributed by atoms with Gasteiger partial charge in [0.05, 0.1) is 18.6 Å². The van der Waals surface area contributed by atoms with Gasteiger partial charge in [0, 0.05) is 47.6 Å². The zero-order chi connectivity index (χ0) is 24.4. The Hall–Kier alpha value is -3.90. The second kappa shape index (κ2) is 9.76. The number of carbonyl (C=O) groups excluding carboxylic acids is 2. The average Bonchev–Trinajstić information content (AvgIpc) is 3.32. The SMILES string of the molecule is CCc1cccc(NC(=O)[C@H]2c3ccccc3C(=O)N(CCOC)[C@H]2c2c[nH]c3ccccc23)c1. The molecule has 2 N–H and O–H groups in total. The second-order valence-electron chi connectivity index (χ2n) is 8.83. The van der Waals surface area contributed by atoms with E-state index >= 15 is 0 Å². The van der Waals surface area contributed by atoms with Crippen LogP contribution in [0.3, 0.4) is 0 Å². The number of rotatable bonds is 7. The topological polar surface area (TPSA) is 74.4 Å². The summed E-state index contributed by atoms with van der Waals surface area (Å²) in [6, 6.07) is 22.8. The summed E-state index contributed by atoms with van der Waals surface area (Å²) in [7, 11) is 1.62. The Bertz CT molecular complexity index is 1380. The smallest absolute Gasteiger partial charge is 0.254 e. The minimum atomic E-state index is -0.592. The molecular weight excluding hydrogens is 438 g/mol. The van der Waals surface area contributed by atoms with Crippen molar-refractivity contribution in [2.24, 2.45) is 0 Å². The van der Waals surface area contributed by atoms with Crippen LogP contribution in [0.5, 0.6) is 0 Å². The highest BCUT2D eigenvalue weighted by atomic mass is 16.5. The minimum Gasteiger partial charge on any atom is -0.383 e. The lowest BCUT2D eigenvalue weighted by Crippen LogP contribution is -2.47. The molecule has 35 heavy (non-hydrogen) atoms. The van der Waals surface area contributed by atoms with Gasteiger partial charge in [0.2, 0.25) is 5.91 Å². The van der Waals surface area contributed by atoms with Crippen molar-refractivity contribution >= 4 is 28.4 Å². The van der Waals surface area contributed by atoms with Gasteiger partial charge < -0.3 is 19.9 Å². The van der Waals surface area contributed by atoms with Crippen LogP contribution in [0.1, 0.15) is 45.9 Å². The molecule has 6 nitrogen and oxygen atoms in total. The van der Waals surface area contributed by atoms with Crippen LogP contribution in [0.4, 0.5) is 5.69 Å². The number of methoxy groups -OCH3 is 1. The second-order valence-corrected chi connectivity index (χ2v) is 8.83. The molecule has 1 aromatic heterocycles. The normalized spacial score (nSPS) is 17.4. The van der Waals surface area contributed by atoms with Crippen molar-refractivity contribution in [1.82, 2.24) is 9.88 Å². The van der Waals surface area contributed by atoms with Gasteiger partial charge in [-0.3, -0.25) is 9.59 Å². The lowest BCUT2D eigenvalue weighted by Gasteiger charge is -2.41. The van der Waals surface area contributed by atoms with Crippen LogP contribution in [0, 0.1) is 0 Å². The summed E-state index contributed by atoms with van der Waals surface area (Å²) in [6.07, 6.45) is 2.81. The first-order valence-corrected chi connectivity index (χ1v) is 12.0. The quantitative estimate of drug-likeness (QED) is 0.388. The monoisotopic (exact) mass is 467 g/mol. The first-order chi connectivity index (χ1) is 17.1. The van der Waals surface area contributed by atoms with Crippen LogP contribution in [0.25, 0.3) is 10.9 Å². The molecule has 0 saturated carbocycles. The van der Waals surface area contributed by atoms with E-state index in [1.54, 1.807) is 18.1 Å². The number of aromatic amines is 1. The van der Waals surface area contributed by atoms with Crippen LogP contribution in [-0.4, -0.2) is 42.0 Å². The standard InChI is InChI=1S/C29H29N3O3/c1-3-19-9-8-10-20(17-19)31-28(33)26-22-12-4-5-13-23(22)29(34)32(15-16-35-2)27(26)24-18-30-25-14-7-6-11-21(24)25/h4-14,17-18,26-27,30H,3,15-16H2,1-2H3,(H,31,33)/t26-,27-/m0/s1. The molecule has 0 spiro atoms. The van der Waals surface area contributed by atoms with Gasteiger partial charge in [0.25, 0.3) is 5.91 Å². The molecule has 2 atom stereocenters. The van der Waals surface area contributed by atoms with Crippen molar-refractivity contribution < 1.29 is 14.3 Å². The predicted octanol–water partition coefficient (Wildman–Crippen LogP) is 5.30. The van der Waals surface area contributed by atoms with E-state index in [1.165, 1.54) is 0 Å². The van der Waals surface area contributed by atoms with Crippen LogP contribution < -0.4 is 5.32 Å². The Morgan fingerprint density at radius 3 is 2.66 bits per heavy atom. The number of aryl methyl sites for hydroxylation is 1. The molecule has 178 valence electrons. The molecule has 6 heteroatoms. The molecule has 2 amide bonds. The molecule has 0 unspecified atom stereocenters. The lowest BCUT2D eigenvalue weighted by atomic mass is 9.79. The Labute approximate surface area is 204 Å². The van der Waals surface area contributed by atoms with Gasteiger partial charge in [-0.15, -0.1) is 0 Å². The van der Waals surface area contributed by atoms with E-state index in [0.717, 1.165) is 39.7 Å². The maximum atomic E-state index is 14.0. The van der Waals surface area contributed by atoms with Crippen molar-refractivity contribution in [1.29, 1.82) is 0 Å². The fourth-order valence-corrected chi connectivity index (χ4v) is 5.08. The summed E-state index contributed by atoms with van der Waals surface area (Å²) in [4.78, 5) is 32.8. The number of nitrogens with one attached hydrogen (secondary N) is 2. The number of amides is 2. The van der Waals surface area contributed by atoms with Crippen LogP contribution in [-0.2, 0) is 16.0 Å². The highest BCUT2D eigenvalue weighted by molar-refractivity contribution is 6.05. The van der Waals surface area contributed by atoms with Crippen molar-refractivity contribution in [2.45, 2.75) is 25.3 Å². The van der Waals surface area contributed by atoms with Crippen LogP contribution >= 0.6 is 0 Å². The van der Waals surface area contributed by atoms with Gasteiger partial charge in [-0.1, -0.05) is 55.5 Å². The third kappa shape index (κ3) is 4.21. The molecular formula is C29H29N3O3. The van der Waals surface area contributed by atoms with Crippen molar-refractivity contribution in [3.63, 3.8) is 0 Å². The number of carbonyl (C=O) groups is 2. The number of H-pyrrole nitrogens is 1. The van der Waals surface area contributed by atoms with Crippen LogP contribution in [0.15, 0.2) is 79.0 Å². The molecule has 3 aromatic carbocycles. The van der Waals surface area contributed by atoms with Crippen molar-refractivity contribution in [2.75, 3.05) is 25.6 Å². The summed E-state index contributed by atoms with van der Waals surface area (Å²) in [5, 5.41) is 4.14. The molecule has 1 aliphatic heterocycles. The molecule has 4 aromatic rings. The van der Waals surface area contributed by atoms with E-state index in [9.17, 15) is 9.59 Å². The zero-order valence-electron chi connectivity index (χ0n) is 20.0. The summed E-state index contributed by atoms with van der Waals surface area (Å²) >= 11 is 0. The van der Waals surface area contributed by atoms with E-state index < -0.39 is 12.0 Å². The predicted molar refractivity (Wildman–Crippen MR) is 138 cm³/mol. The number of hydrogen-bond donors (Lipinski definition) is 2. The first-order valence-electron chi connectivity index (χ1n) is 12.0. The molecule has 0 fully saturated rings. The zero-order valence-corrected chi connectivity index (χ0v) is 20.0. The van der Waals surface area contributed by atoms with E-state index in [4.69, 9.17) is 4.74 Å². The Morgan fingerprint density at radius 2 is 1.83 bits per heavy atom. The molecule has 5 rings (SSSR count). The number of nitrogens with zero attached hydrogens (tertiary/aromatic N) is 1. The number of hydrogen-bond acceptors (Lipinski definition) is 3. The highest BCUT2D eigenvalue weighted by Crippen LogP contribution is 2.45. The maximum Gasteiger partial charge on any atom is 0.254 e. The van der Waals surface area contributed by atoms with E-state index in [-0.39, 0.29) is 11.8 Å². The number of benzene rings is 3. The summed E-state index contributed by atoms with van der Waals surface area (Å²) < 4.78 is 5.35. The largest absolute Gasteiger partial charge is 0.383 e. The summed E-state index contributed by atoms with van der Waals surface area (Å²) in [6.45, 7) is 2.84. The van der Waals surface area contributed by atoms with Crippen molar-refractivity contribution in [3.05, 3.63) is 101 Å². The van der Waals surface area contributed by atoms with Gasteiger partial charge in [-0.2, -0.15) is 0 Å². The third-order valence-corrected chi connectivity index (χ3v) is 6.80. The molecule has 1 aliphatic rings. The van der Waals surface area contributed by atoms with E-state index in [2.05, 4.69) is 17.2 Å². The van der Waals surface area contributed by atoms with Gasteiger partial charge in [0.1, 0.15) is 0 Å². The fraction of sp³-hybridized carbons (Fsp3) is 0.241. The number of ether oxygens (including phenoxy) is 1. The summed E-state index contributed by atoms with van der Waals surface area (Å²) in [5.74, 6) is -0.828. The Morgan fingerprint density at radius 1 is 1.03 bits per heavy atom. The van der Waals surface area contributed by atoms with Gasteiger partial charge >= 0.3 is 0 Å². The lowest BCUT2D eigenvalue weighted by molar-refractivity contribution is -0.119. The first kappa shape index (κ1) is 22.9. The Balaban J connectivity index is 1.65. The third-order valence-electron chi connectivity index (χ3n) is 6.80. The van der Waals surface area contributed by atoms with Gasteiger partial charge in [-0.05, 0) is 41.8 Å². The minimum absolute atomic E-state index is 0.0926. The molecule has 2 heterocycles. The highest BCUT2D eigenvalue weighted by Gasteiger charge is 2.44. The fourth-order valence-electron chi connectivity index (χ4n) is 5.08. The van der Waals surface area contributed by atoms with Gasteiger partial charge in [0.15, 0.2) is 0 Å². The number of anilines is 1.